The number of aromatic nitrogens is 3. The van der Waals surface area contributed by atoms with Crippen molar-refractivity contribution < 1.29 is 0 Å². The van der Waals surface area contributed by atoms with Crippen LogP contribution in [0.4, 0.5) is 0 Å². The Morgan fingerprint density at radius 3 is 2.77 bits per heavy atom. The molecular weight excluding hydrogens is 296 g/mol. The average molecular weight is 320 g/mol. The maximum Gasteiger partial charge on any atom is 0.191 e. The van der Waals surface area contributed by atoms with Crippen LogP contribution in [0.2, 0.25) is 0 Å². The summed E-state index contributed by atoms with van der Waals surface area (Å²) in [6.45, 7) is 7.69. The van der Waals surface area contributed by atoms with Gasteiger partial charge in [-0.25, -0.2) is 4.99 Å². The minimum atomic E-state index is 0.736. The molecular formula is C15H24N6S. The third-order valence-corrected chi connectivity index (χ3v) is 4.30. The number of hydrogen-bond donors (Lipinski definition) is 2. The lowest BCUT2D eigenvalue weighted by atomic mass is 10.3. The lowest BCUT2D eigenvalue weighted by Gasteiger charge is -2.11. The van der Waals surface area contributed by atoms with Crippen molar-refractivity contribution in [2.45, 2.75) is 39.8 Å². The van der Waals surface area contributed by atoms with E-state index in [1.165, 1.54) is 10.4 Å². The molecule has 2 heterocycles. The average Bonchev–Trinajstić information content (AvgIpc) is 3.16. The van der Waals surface area contributed by atoms with Gasteiger partial charge >= 0.3 is 0 Å². The molecule has 7 heteroatoms. The number of thiophene rings is 1. The highest BCUT2D eigenvalue weighted by molar-refractivity contribution is 7.10. The Labute approximate surface area is 135 Å². The van der Waals surface area contributed by atoms with Crippen molar-refractivity contribution in [3.8, 4) is 0 Å². The SMILES string of the molecule is CCNC(=NCc1sccc1C)NCCCCn1cnnc1. The quantitative estimate of drug-likeness (QED) is 0.444. The summed E-state index contributed by atoms with van der Waals surface area (Å²) in [7, 11) is 0. The molecule has 0 fully saturated rings. The number of guanidine groups is 1. The summed E-state index contributed by atoms with van der Waals surface area (Å²) in [6.07, 6.45) is 5.68. The van der Waals surface area contributed by atoms with Gasteiger partial charge in [-0.2, -0.15) is 0 Å². The van der Waals surface area contributed by atoms with Crippen LogP contribution in [0.5, 0.6) is 0 Å². The fourth-order valence-corrected chi connectivity index (χ4v) is 2.85. The topological polar surface area (TPSA) is 67.1 Å². The smallest absolute Gasteiger partial charge is 0.191 e. The molecule has 0 aliphatic rings. The molecule has 6 nitrogen and oxygen atoms in total. The van der Waals surface area contributed by atoms with E-state index < -0.39 is 0 Å². The zero-order valence-electron chi connectivity index (χ0n) is 13.2. The minimum absolute atomic E-state index is 0.736. The maximum absolute atomic E-state index is 4.64. The van der Waals surface area contributed by atoms with E-state index in [0.29, 0.717) is 0 Å². The summed E-state index contributed by atoms with van der Waals surface area (Å²) >= 11 is 1.76. The number of rotatable bonds is 8. The standard InChI is InChI=1S/C15H24N6S/c1-3-16-15(18-10-14-13(2)6-9-22-14)17-7-4-5-8-21-11-19-20-12-21/h6,9,11-12H,3-5,7-8,10H2,1-2H3,(H2,16,17,18). The van der Waals surface area contributed by atoms with E-state index in [1.54, 1.807) is 24.0 Å². The van der Waals surface area contributed by atoms with E-state index >= 15 is 0 Å². The van der Waals surface area contributed by atoms with Gasteiger partial charge in [0.2, 0.25) is 0 Å². The number of unbranched alkanes of at least 4 members (excludes halogenated alkanes) is 1. The summed E-state index contributed by atoms with van der Waals surface area (Å²) in [4.78, 5) is 5.97. The highest BCUT2D eigenvalue weighted by atomic mass is 32.1. The van der Waals surface area contributed by atoms with Crippen molar-refractivity contribution in [3.05, 3.63) is 34.5 Å². The fourth-order valence-electron chi connectivity index (χ4n) is 2.02. The van der Waals surface area contributed by atoms with Crippen LogP contribution in [0.1, 0.15) is 30.2 Å². The van der Waals surface area contributed by atoms with Gasteiger partial charge in [0.05, 0.1) is 6.54 Å². The van der Waals surface area contributed by atoms with E-state index in [9.17, 15) is 0 Å². The van der Waals surface area contributed by atoms with Crippen molar-refractivity contribution >= 4 is 17.3 Å². The summed E-state index contributed by atoms with van der Waals surface area (Å²) in [5.74, 6) is 0.889. The van der Waals surface area contributed by atoms with Crippen LogP contribution in [-0.4, -0.2) is 33.8 Å². The van der Waals surface area contributed by atoms with Crippen LogP contribution in [0.25, 0.3) is 0 Å². The van der Waals surface area contributed by atoms with Gasteiger partial charge in [-0.15, -0.1) is 21.5 Å². The van der Waals surface area contributed by atoms with Gasteiger partial charge in [-0.05, 0) is 43.7 Å². The molecule has 2 aromatic heterocycles. The van der Waals surface area contributed by atoms with Gasteiger partial charge in [-0.3, -0.25) is 0 Å². The number of aliphatic imine (C=N–C) groups is 1. The zero-order valence-corrected chi connectivity index (χ0v) is 14.1. The van der Waals surface area contributed by atoms with Crippen molar-refractivity contribution in [2.24, 2.45) is 4.99 Å². The van der Waals surface area contributed by atoms with Gasteiger partial charge in [0.1, 0.15) is 12.7 Å². The van der Waals surface area contributed by atoms with Crippen molar-refractivity contribution in [1.29, 1.82) is 0 Å². The number of aryl methyl sites for hydroxylation is 2. The van der Waals surface area contributed by atoms with E-state index in [-0.39, 0.29) is 0 Å². The number of nitrogens with one attached hydrogen (secondary N) is 2. The molecule has 2 aromatic rings. The molecule has 2 N–H and O–H groups in total. The molecule has 2 rings (SSSR count). The number of hydrogen-bond acceptors (Lipinski definition) is 4. The van der Waals surface area contributed by atoms with Crippen LogP contribution in [0.15, 0.2) is 29.1 Å². The van der Waals surface area contributed by atoms with Gasteiger partial charge in [-0.1, -0.05) is 0 Å². The fraction of sp³-hybridized carbons (Fsp3) is 0.533. The number of nitrogens with zero attached hydrogens (tertiary/aromatic N) is 4. The second-order valence-electron chi connectivity index (χ2n) is 5.06. The first kappa shape index (κ1) is 16.5. The van der Waals surface area contributed by atoms with Crippen LogP contribution in [-0.2, 0) is 13.1 Å². The van der Waals surface area contributed by atoms with Crippen molar-refractivity contribution in [2.75, 3.05) is 13.1 Å². The third-order valence-electron chi connectivity index (χ3n) is 3.30. The molecule has 0 spiro atoms. The lowest BCUT2D eigenvalue weighted by molar-refractivity contribution is 0.598. The zero-order chi connectivity index (χ0) is 15.6. The van der Waals surface area contributed by atoms with Crippen LogP contribution < -0.4 is 10.6 Å². The Kier molecular flexibility index (Phi) is 6.89. The van der Waals surface area contributed by atoms with E-state index in [1.807, 2.05) is 4.57 Å². The second-order valence-corrected chi connectivity index (χ2v) is 6.06. The second kappa shape index (κ2) is 9.19. The van der Waals surface area contributed by atoms with Crippen molar-refractivity contribution in [3.63, 3.8) is 0 Å². The molecule has 0 radical (unpaired) electrons. The molecule has 0 aliphatic carbocycles. The molecule has 0 aromatic carbocycles. The molecule has 0 aliphatic heterocycles. The largest absolute Gasteiger partial charge is 0.357 e. The first-order valence-electron chi connectivity index (χ1n) is 7.67. The summed E-state index contributed by atoms with van der Waals surface area (Å²) in [5, 5.41) is 16.4. The Morgan fingerprint density at radius 1 is 1.27 bits per heavy atom. The van der Waals surface area contributed by atoms with Crippen LogP contribution in [0.3, 0.4) is 0 Å². The van der Waals surface area contributed by atoms with Gasteiger partial charge in [0, 0.05) is 24.5 Å². The van der Waals surface area contributed by atoms with Gasteiger partial charge < -0.3 is 15.2 Å². The normalized spacial score (nSPS) is 11.6. The first-order valence-corrected chi connectivity index (χ1v) is 8.55. The van der Waals surface area contributed by atoms with Crippen LogP contribution >= 0.6 is 11.3 Å². The lowest BCUT2D eigenvalue weighted by Crippen LogP contribution is -2.37. The summed E-state index contributed by atoms with van der Waals surface area (Å²) in [6, 6.07) is 2.14. The minimum Gasteiger partial charge on any atom is -0.357 e. The Hall–Kier alpha value is -1.89. The molecule has 0 bridgehead atoms. The first-order chi connectivity index (χ1) is 10.8. The Balaban J connectivity index is 1.70. The Bertz CT molecular complexity index is 560. The third kappa shape index (κ3) is 5.48. The molecule has 0 amide bonds. The predicted molar refractivity (Wildman–Crippen MR) is 91.1 cm³/mol. The molecule has 0 atom stereocenters. The van der Waals surface area contributed by atoms with Gasteiger partial charge in [0.15, 0.2) is 5.96 Å². The molecule has 120 valence electrons. The predicted octanol–water partition coefficient (Wildman–Crippen LogP) is 2.18. The molecule has 22 heavy (non-hydrogen) atoms. The molecule has 0 saturated carbocycles. The van der Waals surface area contributed by atoms with Gasteiger partial charge in [0.25, 0.3) is 0 Å². The molecule has 0 saturated heterocycles. The van der Waals surface area contributed by atoms with Crippen molar-refractivity contribution in [1.82, 2.24) is 25.4 Å². The van der Waals surface area contributed by atoms with E-state index in [2.05, 4.69) is 51.1 Å². The molecule has 0 unspecified atom stereocenters. The summed E-state index contributed by atoms with van der Waals surface area (Å²) < 4.78 is 2.00. The highest BCUT2D eigenvalue weighted by Gasteiger charge is 2.01. The maximum atomic E-state index is 4.64. The Morgan fingerprint density at radius 2 is 2.09 bits per heavy atom. The van der Waals surface area contributed by atoms with E-state index in [0.717, 1.165) is 45.0 Å². The highest BCUT2D eigenvalue weighted by Crippen LogP contribution is 2.16. The summed E-state index contributed by atoms with van der Waals surface area (Å²) in [5.41, 5.74) is 1.32. The van der Waals surface area contributed by atoms with Crippen LogP contribution in [0, 0.1) is 6.92 Å². The van der Waals surface area contributed by atoms with E-state index in [4.69, 9.17) is 0 Å². The monoisotopic (exact) mass is 320 g/mol.